The highest BCUT2D eigenvalue weighted by molar-refractivity contribution is 7.84. The van der Waals surface area contributed by atoms with Crippen LogP contribution in [0.15, 0.2) is 42.9 Å². The zero-order chi connectivity index (χ0) is 20.4. The highest BCUT2D eigenvalue weighted by atomic mass is 35.5. The molecule has 3 N–H and O–H groups in total. The second-order valence-electron chi connectivity index (χ2n) is 7.28. The van der Waals surface area contributed by atoms with Crippen LogP contribution in [0, 0.1) is 5.92 Å². The first-order valence-electron chi connectivity index (χ1n) is 9.36. The van der Waals surface area contributed by atoms with E-state index < -0.39 is 10.3 Å². The second-order valence-corrected chi connectivity index (χ2v) is 8.93. The molecule has 1 saturated carbocycles. The number of hydrogen-bond acceptors (Lipinski definition) is 6. The number of nitrogens with two attached hydrogens (primary N) is 1. The van der Waals surface area contributed by atoms with Gasteiger partial charge >= 0.3 is 10.3 Å². The molecule has 2 aromatic heterocycles. The summed E-state index contributed by atoms with van der Waals surface area (Å²) in [4.78, 5) is 8.86. The molecule has 0 saturated heterocycles. The lowest BCUT2D eigenvalue weighted by molar-refractivity contribution is 0.253. The molecule has 4 rings (SSSR count). The molecule has 0 radical (unpaired) electrons. The van der Waals surface area contributed by atoms with Crippen molar-refractivity contribution in [1.29, 1.82) is 0 Å². The molecular weight excluding hydrogens is 414 g/mol. The van der Waals surface area contributed by atoms with E-state index in [4.69, 9.17) is 20.9 Å². The predicted molar refractivity (Wildman–Crippen MR) is 112 cm³/mol. The molecule has 8 nitrogen and oxygen atoms in total. The molecule has 10 heteroatoms. The quantitative estimate of drug-likeness (QED) is 0.589. The molecule has 1 aliphatic rings. The van der Waals surface area contributed by atoms with Crippen LogP contribution in [-0.4, -0.2) is 29.6 Å². The van der Waals surface area contributed by atoms with Crippen LogP contribution in [0.25, 0.3) is 11.0 Å². The molecule has 1 fully saturated rings. The van der Waals surface area contributed by atoms with Gasteiger partial charge in [0.15, 0.2) is 0 Å². The van der Waals surface area contributed by atoms with Crippen molar-refractivity contribution in [2.24, 2.45) is 11.1 Å². The number of halogens is 1. The van der Waals surface area contributed by atoms with Crippen LogP contribution in [0.4, 0.5) is 5.82 Å². The number of anilines is 1. The summed E-state index contributed by atoms with van der Waals surface area (Å²) in [6, 6.07) is 9.92. The number of fused-ring (bicyclic) bond motifs is 1. The summed E-state index contributed by atoms with van der Waals surface area (Å²) in [6.07, 6.45) is 6.18. The minimum atomic E-state index is -3.90. The van der Waals surface area contributed by atoms with Crippen molar-refractivity contribution in [3.8, 4) is 0 Å². The van der Waals surface area contributed by atoms with E-state index in [0.29, 0.717) is 11.6 Å². The van der Waals surface area contributed by atoms with Gasteiger partial charge in [-0.25, -0.2) is 15.1 Å². The molecule has 3 aromatic rings. The van der Waals surface area contributed by atoms with Gasteiger partial charge in [-0.3, -0.25) is 4.18 Å². The molecule has 2 heterocycles. The highest BCUT2D eigenvalue weighted by Crippen LogP contribution is 2.37. The Balaban J connectivity index is 1.47. The Morgan fingerprint density at radius 1 is 1.28 bits per heavy atom. The average molecular weight is 436 g/mol. The van der Waals surface area contributed by atoms with Gasteiger partial charge in [-0.15, -0.1) is 0 Å². The molecule has 0 aliphatic heterocycles. The summed E-state index contributed by atoms with van der Waals surface area (Å²) in [5.41, 5.74) is 1.92. The Morgan fingerprint density at radius 2 is 2.14 bits per heavy atom. The predicted octanol–water partition coefficient (Wildman–Crippen LogP) is 3.26. The maximum Gasteiger partial charge on any atom is 0.333 e. The molecular formula is C19H22ClN5O3S. The molecule has 0 unspecified atom stereocenters. The minimum absolute atomic E-state index is 0.121. The zero-order valence-corrected chi connectivity index (χ0v) is 17.2. The molecule has 154 valence electrons. The third kappa shape index (κ3) is 4.87. The van der Waals surface area contributed by atoms with Crippen molar-refractivity contribution < 1.29 is 12.6 Å². The fourth-order valence-corrected chi connectivity index (χ4v) is 4.48. The van der Waals surface area contributed by atoms with Gasteiger partial charge in [0.2, 0.25) is 0 Å². The number of hydrogen-bond donors (Lipinski definition) is 2. The normalized spacial score (nSPS) is 19.7. The summed E-state index contributed by atoms with van der Waals surface area (Å²) >= 11 is 6.05. The summed E-state index contributed by atoms with van der Waals surface area (Å²) < 4.78 is 28.9. The first-order chi connectivity index (χ1) is 13.9. The zero-order valence-electron chi connectivity index (χ0n) is 15.7. The van der Waals surface area contributed by atoms with Crippen LogP contribution < -0.4 is 10.5 Å². The van der Waals surface area contributed by atoms with Gasteiger partial charge < -0.3 is 9.88 Å². The van der Waals surface area contributed by atoms with Crippen LogP contribution in [0.5, 0.6) is 0 Å². The van der Waals surface area contributed by atoms with E-state index in [0.717, 1.165) is 41.7 Å². The van der Waals surface area contributed by atoms with Gasteiger partial charge in [0.1, 0.15) is 17.8 Å². The van der Waals surface area contributed by atoms with E-state index in [1.807, 2.05) is 36.5 Å². The average Bonchev–Trinajstić information content (AvgIpc) is 3.31. The molecule has 1 aromatic carbocycles. The van der Waals surface area contributed by atoms with Crippen molar-refractivity contribution in [2.45, 2.75) is 31.8 Å². The Hall–Kier alpha value is -2.20. The number of nitrogens with zero attached hydrogens (tertiary/aromatic N) is 3. The van der Waals surface area contributed by atoms with E-state index >= 15 is 0 Å². The lowest BCUT2D eigenvalue weighted by Crippen LogP contribution is -2.19. The van der Waals surface area contributed by atoms with E-state index in [-0.39, 0.29) is 18.6 Å². The van der Waals surface area contributed by atoms with E-state index in [1.54, 1.807) is 6.33 Å². The van der Waals surface area contributed by atoms with Crippen molar-refractivity contribution in [1.82, 2.24) is 14.5 Å². The molecule has 0 bridgehead atoms. The van der Waals surface area contributed by atoms with Crippen LogP contribution in [0.2, 0.25) is 5.02 Å². The molecule has 0 spiro atoms. The SMILES string of the molecule is NS(=O)(=O)OC[C@H]1CC[C@H](n2ccc3c(NCc4cccc(Cl)c4)ncnc32)C1. The fourth-order valence-electron chi connectivity index (χ4n) is 3.88. The van der Waals surface area contributed by atoms with Gasteiger partial charge in [0.25, 0.3) is 0 Å². The van der Waals surface area contributed by atoms with Crippen molar-refractivity contribution in [3.63, 3.8) is 0 Å². The largest absolute Gasteiger partial charge is 0.365 e. The molecule has 29 heavy (non-hydrogen) atoms. The van der Waals surface area contributed by atoms with Crippen LogP contribution in [0.3, 0.4) is 0 Å². The van der Waals surface area contributed by atoms with Gasteiger partial charge in [0, 0.05) is 23.8 Å². The fraction of sp³-hybridized carbons (Fsp3) is 0.368. The maximum absolute atomic E-state index is 11.0. The van der Waals surface area contributed by atoms with Crippen molar-refractivity contribution in [3.05, 3.63) is 53.4 Å². The topological polar surface area (TPSA) is 112 Å². The summed E-state index contributed by atoms with van der Waals surface area (Å²) in [7, 11) is -3.90. The standard InChI is InChI=1S/C19H22ClN5O3S/c20-15-3-1-2-13(8-15)10-22-18-17-6-7-25(19(17)24-12-23-18)16-5-4-14(9-16)11-28-29(21,26)27/h1-3,6-8,12,14,16H,4-5,9-11H2,(H2,21,26,27)(H,22,23,24)/t14-,16-/m0/s1. The lowest BCUT2D eigenvalue weighted by Gasteiger charge is -2.14. The summed E-state index contributed by atoms with van der Waals surface area (Å²) in [5, 5.41) is 9.93. The third-order valence-corrected chi connectivity index (χ3v) is 5.93. The lowest BCUT2D eigenvalue weighted by atomic mass is 10.1. The first-order valence-corrected chi connectivity index (χ1v) is 11.2. The number of aromatic nitrogens is 3. The van der Waals surface area contributed by atoms with Crippen LogP contribution in [-0.2, 0) is 21.0 Å². The van der Waals surface area contributed by atoms with Crippen LogP contribution in [0.1, 0.15) is 30.9 Å². The molecule has 0 amide bonds. The Labute approximate surface area is 174 Å². The van der Waals surface area contributed by atoms with E-state index in [1.165, 1.54) is 0 Å². The van der Waals surface area contributed by atoms with Crippen molar-refractivity contribution in [2.75, 3.05) is 11.9 Å². The number of nitrogens with one attached hydrogen (secondary N) is 1. The maximum atomic E-state index is 11.0. The van der Waals surface area contributed by atoms with Gasteiger partial charge in [0.05, 0.1) is 12.0 Å². The third-order valence-electron chi connectivity index (χ3n) is 5.23. The Kier molecular flexibility index (Phi) is 5.73. The smallest absolute Gasteiger partial charge is 0.333 e. The highest BCUT2D eigenvalue weighted by Gasteiger charge is 2.28. The molecule has 1 aliphatic carbocycles. The van der Waals surface area contributed by atoms with E-state index in [2.05, 4.69) is 19.9 Å². The van der Waals surface area contributed by atoms with E-state index in [9.17, 15) is 8.42 Å². The number of rotatable bonds is 7. The van der Waals surface area contributed by atoms with Gasteiger partial charge in [-0.05, 0) is 48.9 Å². The monoisotopic (exact) mass is 435 g/mol. The van der Waals surface area contributed by atoms with Crippen LogP contribution >= 0.6 is 11.6 Å². The van der Waals surface area contributed by atoms with Crippen molar-refractivity contribution >= 4 is 38.8 Å². The first kappa shape index (κ1) is 20.1. The molecule has 2 atom stereocenters. The number of benzene rings is 1. The summed E-state index contributed by atoms with van der Waals surface area (Å²) in [6.45, 7) is 0.726. The Morgan fingerprint density at radius 3 is 2.93 bits per heavy atom. The van der Waals surface area contributed by atoms with Gasteiger partial charge in [-0.2, -0.15) is 8.42 Å². The minimum Gasteiger partial charge on any atom is -0.365 e. The Bertz CT molecular complexity index is 1120. The van der Waals surface area contributed by atoms with Gasteiger partial charge in [-0.1, -0.05) is 23.7 Å². The summed E-state index contributed by atoms with van der Waals surface area (Å²) in [5.74, 6) is 0.916. The second kappa shape index (κ2) is 8.27.